The van der Waals surface area contributed by atoms with Gasteiger partial charge < -0.3 is 5.11 Å². The molecule has 3 nitrogen and oxygen atoms in total. The van der Waals surface area contributed by atoms with Crippen LogP contribution in [0.15, 0.2) is 18.2 Å². The number of carboxylic acid groups (broad SMARTS) is 1. The average molecular weight is 326 g/mol. The lowest BCUT2D eigenvalue weighted by Crippen LogP contribution is -2.11. The maximum absolute atomic E-state index is 13.6. The van der Waals surface area contributed by atoms with Crippen LogP contribution in [-0.2, 0) is 6.18 Å². The number of thiazole rings is 1. The largest absolute Gasteiger partial charge is 0.477 e. The minimum Gasteiger partial charge on any atom is -0.477 e. The van der Waals surface area contributed by atoms with E-state index in [1.807, 2.05) is 0 Å². The fourth-order valence-corrected chi connectivity index (χ4v) is 2.55. The molecule has 0 saturated carbocycles. The molecule has 0 fully saturated rings. The number of carbonyl (C=O) groups is 1. The normalized spacial score (nSPS) is 11.7. The molecule has 0 saturated heterocycles. The van der Waals surface area contributed by atoms with Crippen molar-refractivity contribution in [3.63, 3.8) is 0 Å². The van der Waals surface area contributed by atoms with Gasteiger partial charge in [0, 0.05) is 10.6 Å². The summed E-state index contributed by atoms with van der Waals surface area (Å²) in [7, 11) is 0. The lowest BCUT2D eigenvalue weighted by atomic mass is 10.2. The zero-order valence-electron chi connectivity index (χ0n) is 9.33. The lowest BCUT2D eigenvalue weighted by molar-refractivity contribution is -0.141. The van der Waals surface area contributed by atoms with Crippen LogP contribution < -0.4 is 0 Å². The predicted molar refractivity (Wildman–Crippen MR) is 64.5 cm³/mol. The van der Waals surface area contributed by atoms with Crippen molar-refractivity contribution in [3.05, 3.63) is 39.6 Å². The summed E-state index contributed by atoms with van der Waals surface area (Å²) >= 11 is 5.79. The molecule has 20 heavy (non-hydrogen) atoms. The first-order valence-electron chi connectivity index (χ1n) is 4.97. The fraction of sp³-hybridized carbons (Fsp3) is 0.0909. The Kier molecular flexibility index (Phi) is 3.70. The predicted octanol–water partition coefficient (Wildman–Crippen LogP) is 4.32. The summed E-state index contributed by atoms with van der Waals surface area (Å²) < 4.78 is 51.6. The minimum absolute atomic E-state index is 0.0670. The molecule has 0 amide bonds. The molecule has 1 aromatic carbocycles. The van der Waals surface area contributed by atoms with E-state index in [1.165, 1.54) is 6.07 Å². The standard InChI is InChI=1S/C11H4ClF4NO2S/c12-4-1-2-5(6(13)3-4)9-17-8(11(14,15)16)7(20-9)10(18)19/h1-3H,(H,18,19). The van der Waals surface area contributed by atoms with Crippen LogP contribution in [0.3, 0.4) is 0 Å². The number of rotatable bonds is 2. The third kappa shape index (κ3) is 2.75. The summed E-state index contributed by atoms with van der Waals surface area (Å²) in [5, 5.41) is 8.45. The van der Waals surface area contributed by atoms with Gasteiger partial charge in [-0.2, -0.15) is 13.2 Å². The van der Waals surface area contributed by atoms with Crippen LogP contribution in [0.2, 0.25) is 5.02 Å². The van der Waals surface area contributed by atoms with Gasteiger partial charge in [-0.05, 0) is 18.2 Å². The Morgan fingerprint density at radius 1 is 1.35 bits per heavy atom. The van der Waals surface area contributed by atoms with Crippen LogP contribution in [0.5, 0.6) is 0 Å². The molecule has 1 N–H and O–H groups in total. The van der Waals surface area contributed by atoms with Gasteiger partial charge in [0.05, 0.1) is 0 Å². The summed E-state index contributed by atoms with van der Waals surface area (Å²) in [6, 6.07) is 3.32. The van der Waals surface area contributed by atoms with E-state index >= 15 is 0 Å². The molecule has 2 rings (SSSR count). The number of benzene rings is 1. The SMILES string of the molecule is O=C(O)c1sc(-c2ccc(Cl)cc2F)nc1C(F)(F)F. The number of aromatic carboxylic acids is 1. The van der Waals surface area contributed by atoms with Crippen LogP contribution in [0.25, 0.3) is 10.6 Å². The van der Waals surface area contributed by atoms with Crippen LogP contribution in [0.1, 0.15) is 15.4 Å². The molecule has 1 aromatic heterocycles. The van der Waals surface area contributed by atoms with Crippen LogP contribution in [-0.4, -0.2) is 16.1 Å². The fourth-order valence-electron chi connectivity index (χ4n) is 1.44. The van der Waals surface area contributed by atoms with E-state index in [4.69, 9.17) is 16.7 Å². The Morgan fingerprint density at radius 3 is 2.45 bits per heavy atom. The quantitative estimate of drug-likeness (QED) is 0.837. The van der Waals surface area contributed by atoms with Crippen molar-refractivity contribution in [2.45, 2.75) is 6.18 Å². The number of nitrogens with zero attached hydrogens (tertiary/aromatic N) is 1. The highest BCUT2D eigenvalue weighted by molar-refractivity contribution is 7.17. The Balaban J connectivity index is 2.62. The molecule has 9 heteroatoms. The summed E-state index contributed by atoms with van der Waals surface area (Å²) in [4.78, 5) is 13.0. The second-order valence-corrected chi connectivity index (χ2v) is 5.06. The molecular weight excluding hydrogens is 322 g/mol. The van der Waals surface area contributed by atoms with E-state index in [9.17, 15) is 22.4 Å². The molecule has 0 spiro atoms. The van der Waals surface area contributed by atoms with E-state index in [1.54, 1.807) is 0 Å². The second kappa shape index (κ2) is 5.02. The van der Waals surface area contributed by atoms with Crippen LogP contribution in [0.4, 0.5) is 17.6 Å². The Morgan fingerprint density at radius 2 is 2.00 bits per heavy atom. The molecule has 0 aliphatic heterocycles. The van der Waals surface area contributed by atoms with Gasteiger partial charge in [-0.25, -0.2) is 14.2 Å². The van der Waals surface area contributed by atoms with Crippen molar-refractivity contribution in [2.24, 2.45) is 0 Å². The number of carboxylic acids is 1. The topological polar surface area (TPSA) is 50.2 Å². The van der Waals surface area contributed by atoms with Gasteiger partial charge in [0.15, 0.2) is 5.69 Å². The van der Waals surface area contributed by atoms with Crippen LogP contribution >= 0.6 is 22.9 Å². The molecule has 1 heterocycles. The molecule has 0 aliphatic carbocycles. The first-order valence-corrected chi connectivity index (χ1v) is 6.16. The van der Waals surface area contributed by atoms with Crippen molar-refractivity contribution in [3.8, 4) is 10.6 Å². The van der Waals surface area contributed by atoms with Gasteiger partial charge >= 0.3 is 12.1 Å². The third-order valence-corrected chi connectivity index (χ3v) is 3.56. The summed E-state index contributed by atoms with van der Waals surface area (Å²) in [6.07, 6.45) is -4.93. The number of aromatic nitrogens is 1. The third-order valence-electron chi connectivity index (χ3n) is 2.25. The molecular formula is C11H4ClF4NO2S. The van der Waals surface area contributed by atoms with Crippen molar-refractivity contribution in [1.29, 1.82) is 0 Å². The molecule has 0 unspecified atom stereocenters. The van der Waals surface area contributed by atoms with Gasteiger partial charge in [0.2, 0.25) is 0 Å². The number of halogens is 5. The number of alkyl halides is 3. The van der Waals surface area contributed by atoms with Gasteiger partial charge in [0.25, 0.3) is 0 Å². The van der Waals surface area contributed by atoms with Gasteiger partial charge in [-0.1, -0.05) is 11.6 Å². The molecule has 0 atom stereocenters. The number of hydrogen-bond acceptors (Lipinski definition) is 3. The monoisotopic (exact) mass is 325 g/mol. The van der Waals surface area contributed by atoms with Gasteiger partial charge in [-0.3, -0.25) is 0 Å². The van der Waals surface area contributed by atoms with Gasteiger partial charge in [-0.15, -0.1) is 11.3 Å². The zero-order chi connectivity index (χ0) is 15.1. The van der Waals surface area contributed by atoms with E-state index < -0.39 is 28.5 Å². The smallest absolute Gasteiger partial charge is 0.435 e. The highest BCUT2D eigenvalue weighted by Crippen LogP contribution is 2.38. The molecule has 0 bridgehead atoms. The van der Waals surface area contributed by atoms with E-state index in [0.717, 1.165) is 12.1 Å². The Labute approximate surface area is 118 Å². The maximum atomic E-state index is 13.6. The first-order chi connectivity index (χ1) is 9.20. The lowest BCUT2D eigenvalue weighted by Gasteiger charge is -2.02. The molecule has 2 aromatic rings. The Bertz CT molecular complexity index is 684. The van der Waals surface area contributed by atoms with E-state index in [0.29, 0.717) is 0 Å². The maximum Gasteiger partial charge on any atom is 0.435 e. The molecule has 0 aliphatic rings. The van der Waals surface area contributed by atoms with Crippen molar-refractivity contribution in [2.75, 3.05) is 0 Å². The van der Waals surface area contributed by atoms with Crippen molar-refractivity contribution in [1.82, 2.24) is 4.98 Å². The zero-order valence-corrected chi connectivity index (χ0v) is 10.9. The minimum atomic E-state index is -4.93. The summed E-state index contributed by atoms with van der Waals surface area (Å²) in [5.41, 5.74) is -1.78. The highest BCUT2D eigenvalue weighted by atomic mass is 35.5. The van der Waals surface area contributed by atoms with Crippen LogP contribution in [0, 0.1) is 5.82 Å². The van der Waals surface area contributed by atoms with Gasteiger partial charge in [0.1, 0.15) is 15.7 Å². The number of hydrogen-bond donors (Lipinski definition) is 1. The average Bonchev–Trinajstić information content (AvgIpc) is 2.73. The second-order valence-electron chi connectivity index (χ2n) is 3.62. The van der Waals surface area contributed by atoms with Crippen molar-refractivity contribution < 1.29 is 27.5 Å². The Hall–Kier alpha value is -1.67. The van der Waals surface area contributed by atoms with E-state index in [-0.39, 0.29) is 26.9 Å². The summed E-state index contributed by atoms with van der Waals surface area (Å²) in [5.74, 6) is -2.65. The van der Waals surface area contributed by atoms with Crippen molar-refractivity contribution >= 4 is 28.9 Å². The highest BCUT2D eigenvalue weighted by Gasteiger charge is 2.40. The molecule has 106 valence electrons. The van der Waals surface area contributed by atoms with E-state index in [2.05, 4.69) is 4.98 Å². The molecule has 0 radical (unpaired) electrons. The first kappa shape index (κ1) is 14.7. The summed E-state index contributed by atoms with van der Waals surface area (Å²) in [6.45, 7) is 0.